The third-order valence-electron chi connectivity index (χ3n) is 7.06. The average Bonchev–Trinajstić information content (AvgIpc) is 3.68. The molecular weight excluding hydrogens is 514 g/mol. The van der Waals surface area contributed by atoms with Crippen LogP contribution in [0.3, 0.4) is 0 Å². The van der Waals surface area contributed by atoms with Gasteiger partial charge in [0.1, 0.15) is 5.75 Å². The van der Waals surface area contributed by atoms with Crippen LogP contribution in [0.1, 0.15) is 35.7 Å². The molecule has 10 nitrogen and oxygen atoms in total. The van der Waals surface area contributed by atoms with E-state index in [0.717, 1.165) is 42.9 Å². The molecule has 41 heavy (non-hydrogen) atoms. The van der Waals surface area contributed by atoms with Crippen molar-refractivity contribution < 1.29 is 4.74 Å². The Morgan fingerprint density at radius 2 is 1.78 bits per heavy atom. The Labute approximate surface area is 238 Å². The van der Waals surface area contributed by atoms with E-state index in [-0.39, 0.29) is 5.92 Å². The highest BCUT2D eigenvalue weighted by Gasteiger charge is 2.13. The summed E-state index contributed by atoms with van der Waals surface area (Å²) in [6.07, 6.45) is 9.85. The van der Waals surface area contributed by atoms with E-state index in [1.807, 2.05) is 66.9 Å². The van der Waals surface area contributed by atoms with E-state index < -0.39 is 0 Å². The first kappa shape index (κ1) is 26.4. The molecule has 0 bridgehead atoms. The van der Waals surface area contributed by atoms with E-state index in [9.17, 15) is 0 Å². The molecule has 1 atom stereocenters. The van der Waals surface area contributed by atoms with Gasteiger partial charge in [-0.15, -0.1) is 15.3 Å². The van der Waals surface area contributed by atoms with Gasteiger partial charge in [0.25, 0.3) is 0 Å². The number of hydrogen-bond donors (Lipinski definition) is 1. The lowest BCUT2D eigenvalue weighted by molar-refractivity contribution is 0.349. The highest BCUT2D eigenvalue weighted by Crippen LogP contribution is 2.22. The molecule has 1 aliphatic heterocycles. The van der Waals surface area contributed by atoms with Gasteiger partial charge in [-0.2, -0.15) is 4.52 Å². The van der Waals surface area contributed by atoms with Gasteiger partial charge in [0, 0.05) is 55.0 Å². The molecule has 1 saturated heterocycles. The number of ether oxygens (including phenoxy) is 1. The van der Waals surface area contributed by atoms with Gasteiger partial charge >= 0.3 is 0 Å². The zero-order valence-corrected chi connectivity index (χ0v) is 22.7. The first-order chi connectivity index (χ1) is 20.2. The van der Waals surface area contributed by atoms with Crippen LogP contribution in [-0.4, -0.2) is 73.3 Å². The Bertz CT molecular complexity index is 1630. The largest absolute Gasteiger partial charge is 0.438 e. The summed E-state index contributed by atoms with van der Waals surface area (Å²) in [6, 6.07) is 21.2. The minimum Gasteiger partial charge on any atom is -0.438 e. The molecule has 0 amide bonds. The molecule has 0 spiro atoms. The van der Waals surface area contributed by atoms with Crippen LogP contribution in [0.25, 0.3) is 17.0 Å². The predicted molar refractivity (Wildman–Crippen MR) is 158 cm³/mol. The summed E-state index contributed by atoms with van der Waals surface area (Å²) in [6.45, 7) is 4.04. The Morgan fingerprint density at radius 3 is 2.59 bits per heavy atom. The van der Waals surface area contributed by atoms with Gasteiger partial charge in [-0.05, 0) is 55.8 Å². The van der Waals surface area contributed by atoms with Gasteiger partial charge in [0.15, 0.2) is 17.3 Å². The quantitative estimate of drug-likeness (QED) is 0.235. The van der Waals surface area contributed by atoms with Crippen LogP contribution in [0.4, 0.5) is 0 Å². The zero-order valence-electron chi connectivity index (χ0n) is 22.7. The van der Waals surface area contributed by atoms with Gasteiger partial charge in [-0.1, -0.05) is 36.4 Å². The Morgan fingerprint density at radius 1 is 0.951 bits per heavy atom. The van der Waals surface area contributed by atoms with Crippen molar-refractivity contribution >= 4 is 18.1 Å². The predicted octanol–water partition coefficient (Wildman–Crippen LogP) is 4.86. The van der Waals surface area contributed by atoms with E-state index in [0.29, 0.717) is 35.3 Å². The second kappa shape index (κ2) is 12.6. The van der Waals surface area contributed by atoms with Crippen LogP contribution >= 0.6 is 0 Å². The number of para-hydroxylation sites is 1. The molecule has 6 rings (SSSR count). The number of aromatic nitrogens is 6. The highest BCUT2D eigenvalue weighted by atomic mass is 16.5. The maximum Gasteiger partial charge on any atom is 0.237 e. The van der Waals surface area contributed by atoms with Crippen LogP contribution in [-0.2, 0) is 6.42 Å². The minimum atomic E-state index is -0.238. The molecule has 10 heteroatoms. The van der Waals surface area contributed by atoms with Crippen molar-refractivity contribution in [3.8, 4) is 23.0 Å². The van der Waals surface area contributed by atoms with E-state index in [1.165, 1.54) is 19.1 Å². The lowest BCUT2D eigenvalue weighted by Crippen LogP contribution is -2.22. The Hall–Kier alpha value is -4.83. The van der Waals surface area contributed by atoms with E-state index in [1.54, 1.807) is 23.0 Å². The second-order valence-corrected chi connectivity index (χ2v) is 9.99. The molecule has 206 valence electrons. The summed E-state index contributed by atoms with van der Waals surface area (Å²) in [4.78, 5) is 16.2. The van der Waals surface area contributed by atoms with Gasteiger partial charge in [0.05, 0.1) is 12.5 Å². The number of benzene rings is 2. The van der Waals surface area contributed by atoms with Gasteiger partial charge < -0.3 is 15.0 Å². The third kappa shape index (κ3) is 6.50. The van der Waals surface area contributed by atoms with Crippen molar-refractivity contribution in [2.75, 3.05) is 26.2 Å². The van der Waals surface area contributed by atoms with E-state index >= 15 is 0 Å². The number of hydrogen-bond acceptors (Lipinski definition) is 9. The SMILES string of the molecule is N=CC(C=NCCN1CCCC1)c1cnc(-c2cccc(Cc3nnc4ccc(Oc5ccccc5)nn34)c2)nc1. The molecule has 3 aromatic heterocycles. The highest BCUT2D eigenvalue weighted by molar-refractivity contribution is 5.88. The summed E-state index contributed by atoms with van der Waals surface area (Å²) in [5.41, 5.74) is 3.42. The molecule has 5 aromatic rings. The molecular formula is C31H31N9O. The fraction of sp³-hybridized carbons (Fsp3) is 0.258. The zero-order chi connectivity index (χ0) is 27.9. The average molecular weight is 546 g/mol. The van der Waals surface area contributed by atoms with E-state index in [2.05, 4.69) is 35.2 Å². The van der Waals surface area contributed by atoms with Crippen LogP contribution < -0.4 is 4.74 Å². The lowest BCUT2D eigenvalue weighted by Gasteiger charge is -2.12. The normalized spacial score (nSPS) is 14.5. The third-order valence-corrected chi connectivity index (χ3v) is 7.06. The molecule has 1 aliphatic rings. The van der Waals surface area contributed by atoms with Crippen molar-refractivity contribution in [1.29, 1.82) is 5.41 Å². The molecule has 0 saturated carbocycles. The Kier molecular flexibility index (Phi) is 8.09. The number of nitrogens with one attached hydrogen (secondary N) is 1. The molecule has 1 N–H and O–H groups in total. The Balaban J connectivity index is 1.13. The fourth-order valence-corrected chi connectivity index (χ4v) is 4.87. The molecule has 0 radical (unpaired) electrons. The summed E-state index contributed by atoms with van der Waals surface area (Å²) >= 11 is 0. The van der Waals surface area contributed by atoms with E-state index in [4.69, 9.17) is 10.1 Å². The summed E-state index contributed by atoms with van der Waals surface area (Å²) < 4.78 is 7.60. The first-order valence-corrected chi connectivity index (χ1v) is 13.8. The number of rotatable bonds is 11. The number of fused-ring (bicyclic) bond motifs is 1. The fourth-order valence-electron chi connectivity index (χ4n) is 4.87. The van der Waals surface area contributed by atoms with Crippen LogP contribution in [0.15, 0.2) is 84.1 Å². The smallest absolute Gasteiger partial charge is 0.237 e. The molecule has 4 heterocycles. The standard InChI is InChI=1S/C31H31N9O/c32-19-25(20-33-13-16-39-14-4-5-15-39)26-21-34-31(35-22-26)24-8-6-7-23(17-24)18-29-37-36-28-11-12-30(38-40(28)29)41-27-9-2-1-3-10-27/h1-3,6-12,17,19-22,25,32H,4-5,13-16,18H2. The van der Waals surface area contributed by atoms with Crippen LogP contribution in [0, 0.1) is 5.41 Å². The van der Waals surface area contributed by atoms with Crippen molar-refractivity contribution in [3.63, 3.8) is 0 Å². The van der Waals surface area contributed by atoms with Crippen molar-refractivity contribution in [3.05, 3.63) is 96.1 Å². The summed E-state index contributed by atoms with van der Waals surface area (Å²) in [5, 5.41) is 21.1. The van der Waals surface area contributed by atoms with Crippen molar-refractivity contribution in [1.82, 2.24) is 34.7 Å². The maximum atomic E-state index is 7.86. The topological polar surface area (TPSA) is 118 Å². The molecule has 1 fully saturated rings. The maximum absolute atomic E-state index is 7.86. The van der Waals surface area contributed by atoms with Crippen molar-refractivity contribution in [2.45, 2.75) is 25.2 Å². The number of aliphatic imine (C=N–C) groups is 1. The lowest BCUT2D eigenvalue weighted by atomic mass is 10.0. The van der Waals surface area contributed by atoms with Crippen molar-refractivity contribution in [2.24, 2.45) is 4.99 Å². The monoisotopic (exact) mass is 545 g/mol. The summed E-state index contributed by atoms with van der Waals surface area (Å²) in [7, 11) is 0. The van der Waals surface area contributed by atoms with Gasteiger partial charge in [-0.3, -0.25) is 4.99 Å². The van der Waals surface area contributed by atoms with Crippen LogP contribution in [0.2, 0.25) is 0 Å². The molecule has 2 aromatic carbocycles. The number of likely N-dealkylation sites (tertiary alicyclic amines) is 1. The summed E-state index contributed by atoms with van der Waals surface area (Å²) in [5.74, 6) is 2.26. The second-order valence-electron chi connectivity index (χ2n) is 9.99. The number of nitrogens with zero attached hydrogens (tertiary/aromatic N) is 8. The molecule has 1 unspecified atom stereocenters. The minimum absolute atomic E-state index is 0.238. The van der Waals surface area contributed by atoms with Gasteiger partial charge in [-0.25, -0.2) is 9.97 Å². The van der Waals surface area contributed by atoms with Gasteiger partial charge in [0.2, 0.25) is 5.88 Å². The van der Waals surface area contributed by atoms with Crippen LogP contribution in [0.5, 0.6) is 11.6 Å². The molecule has 0 aliphatic carbocycles. The first-order valence-electron chi connectivity index (χ1n) is 13.8.